The van der Waals surface area contributed by atoms with Gasteiger partial charge in [-0.15, -0.1) is 0 Å². The fourth-order valence-corrected chi connectivity index (χ4v) is 1.81. The monoisotopic (exact) mass is 265 g/mol. The van der Waals surface area contributed by atoms with E-state index in [1.165, 1.54) is 0 Å². The molecule has 17 heavy (non-hydrogen) atoms. The van der Waals surface area contributed by atoms with Crippen molar-refractivity contribution in [1.82, 2.24) is 9.78 Å². The molecule has 88 valence electrons. The van der Waals surface area contributed by atoms with E-state index in [9.17, 15) is 0 Å². The fourth-order valence-electron chi connectivity index (χ4n) is 1.53. The van der Waals surface area contributed by atoms with Crippen LogP contribution in [0.15, 0.2) is 30.5 Å². The number of halogens is 1. The molecule has 0 spiro atoms. The molecule has 0 amide bonds. The zero-order valence-electron chi connectivity index (χ0n) is 9.35. The summed E-state index contributed by atoms with van der Waals surface area (Å²) in [5.41, 5.74) is 8.51. The van der Waals surface area contributed by atoms with Crippen LogP contribution in [0.1, 0.15) is 16.8 Å². The van der Waals surface area contributed by atoms with Gasteiger partial charge in [-0.2, -0.15) is 5.10 Å². The van der Waals surface area contributed by atoms with Crippen LogP contribution in [0.5, 0.6) is 0 Å². The van der Waals surface area contributed by atoms with E-state index in [0.29, 0.717) is 16.6 Å². The SMILES string of the molecule is Cc1c(Cl)cnn1Cc1ccc(C(N)=S)cc1. The maximum atomic E-state index is 5.95. The van der Waals surface area contributed by atoms with E-state index in [1.54, 1.807) is 6.20 Å². The first-order chi connectivity index (χ1) is 8.08. The highest BCUT2D eigenvalue weighted by atomic mass is 35.5. The third-order valence-electron chi connectivity index (χ3n) is 2.61. The standard InChI is InChI=1S/C12H12ClN3S/c1-8-11(13)6-15-16(8)7-9-2-4-10(5-3-9)12(14)17/h2-6H,7H2,1H3,(H2,14,17). The van der Waals surface area contributed by atoms with Crippen molar-refractivity contribution in [1.29, 1.82) is 0 Å². The van der Waals surface area contributed by atoms with Crippen molar-refractivity contribution in [2.24, 2.45) is 5.73 Å². The van der Waals surface area contributed by atoms with Gasteiger partial charge in [-0.1, -0.05) is 48.1 Å². The van der Waals surface area contributed by atoms with Gasteiger partial charge in [0.15, 0.2) is 0 Å². The van der Waals surface area contributed by atoms with Crippen molar-refractivity contribution in [3.63, 3.8) is 0 Å². The summed E-state index contributed by atoms with van der Waals surface area (Å²) in [5, 5.41) is 4.89. The summed E-state index contributed by atoms with van der Waals surface area (Å²) in [4.78, 5) is 0.412. The first-order valence-corrected chi connectivity index (χ1v) is 5.93. The lowest BCUT2D eigenvalue weighted by atomic mass is 10.1. The van der Waals surface area contributed by atoms with E-state index < -0.39 is 0 Å². The lowest BCUT2D eigenvalue weighted by molar-refractivity contribution is 0.665. The molecule has 5 heteroatoms. The van der Waals surface area contributed by atoms with Gasteiger partial charge in [0.25, 0.3) is 0 Å². The average molecular weight is 266 g/mol. The highest BCUT2D eigenvalue weighted by Gasteiger charge is 2.04. The summed E-state index contributed by atoms with van der Waals surface area (Å²) in [6.07, 6.45) is 1.65. The zero-order chi connectivity index (χ0) is 12.4. The van der Waals surface area contributed by atoms with E-state index in [2.05, 4.69) is 5.10 Å². The number of benzene rings is 1. The second kappa shape index (κ2) is 4.85. The third-order valence-corrected chi connectivity index (χ3v) is 3.22. The van der Waals surface area contributed by atoms with Crippen molar-refractivity contribution in [2.45, 2.75) is 13.5 Å². The number of nitrogens with two attached hydrogens (primary N) is 1. The Balaban J connectivity index is 2.19. The Hall–Kier alpha value is -1.39. The lowest BCUT2D eigenvalue weighted by Gasteiger charge is -2.05. The predicted octanol–water partition coefficient (Wildman–Crippen LogP) is 2.53. The van der Waals surface area contributed by atoms with Gasteiger partial charge >= 0.3 is 0 Å². The van der Waals surface area contributed by atoms with Crippen molar-refractivity contribution in [3.05, 3.63) is 52.3 Å². The summed E-state index contributed by atoms with van der Waals surface area (Å²) < 4.78 is 1.86. The van der Waals surface area contributed by atoms with Crippen LogP contribution < -0.4 is 5.73 Å². The third kappa shape index (κ3) is 2.65. The van der Waals surface area contributed by atoms with Crippen LogP contribution in [0.2, 0.25) is 5.02 Å². The molecule has 3 nitrogen and oxygen atoms in total. The normalized spacial score (nSPS) is 10.5. The topological polar surface area (TPSA) is 43.8 Å². The van der Waals surface area contributed by atoms with Crippen LogP contribution >= 0.6 is 23.8 Å². The van der Waals surface area contributed by atoms with Crippen molar-refractivity contribution in [2.75, 3.05) is 0 Å². The van der Waals surface area contributed by atoms with Gasteiger partial charge in [-0.25, -0.2) is 0 Å². The second-order valence-corrected chi connectivity index (χ2v) is 4.64. The Bertz CT molecular complexity index is 545. The van der Waals surface area contributed by atoms with Gasteiger partial charge in [0.2, 0.25) is 0 Å². The Morgan fingerprint density at radius 1 is 1.41 bits per heavy atom. The number of hydrogen-bond donors (Lipinski definition) is 1. The molecule has 0 aliphatic heterocycles. The summed E-state index contributed by atoms with van der Waals surface area (Å²) in [5.74, 6) is 0. The number of rotatable bonds is 3. The molecule has 0 aliphatic carbocycles. The molecule has 0 aliphatic rings. The molecule has 1 aromatic carbocycles. The van der Waals surface area contributed by atoms with Gasteiger partial charge in [0.05, 0.1) is 23.5 Å². The molecule has 0 bridgehead atoms. The van der Waals surface area contributed by atoms with Crippen LogP contribution in [-0.2, 0) is 6.54 Å². The second-order valence-electron chi connectivity index (χ2n) is 3.80. The molecule has 0 fully saturated rings. The van der Waals surface area contributed by atoms with Gasteiger partial charge in [-0.3, -0.25) is 4.68 Å². The Labute approximate surface area is 110 Å². The molecular weight excluding hydrogens is 254 g/mol. The minimum absolute atomic E-state index is 0.412. The van der Waals surface area contributed by atoms with E-state index in [0.717, 1.165) is 16.8 Å². The molecule has 0 radical (unpaired) electrons. The van der Waals surface area contributed by atoms with Crippen LogP contribution in [0.3, 0.4) is 0 Å². The van der Waals surface area contributed by atoms with Crippen LogP contribution in [0.4, 0.5) is 0 Å². The van der Waals surface area contributed by atoms with E-state index in [4.69, 9.17) is 29.6 Å². The van der Waals surface area contributed by atoms with Crippen LogP contribution in [-0.4, -0.2) is 14.8 Å². The van der Waals surface area contributed by atoms with Gasteiger partial charge in [0, 0.05) is 5.56 Å². The first-order valence-electron chi connectivity index (χ1n) is 5.14. The highest BCUT2D eigenvalue weighted by Crippen LogP contribution is 2.15. The van der Waals surface area contributed by atoms with E-state index >= 15 is 0 Å². The summed E-state index contributed by atoms with van der Waals surface area (Å²) in [6, 6.07) is 7.81. The fraction of sp³-hybridized carbons (Fsp3) is 0.167. The predicted molar refractivity (Wildman–Crippen MR) is 73.4 cm³/mol. The van der Waals surface area contributed by atoms with Crippen LogP contribution in [0, 0.1) is 6.92 Å². The molecule has 2 rings (SSSR count). The van der Waals surface area contributed by atoms with E-state index in [1.807, 2.05) is 35.9 Å². The van der Waals surface area contributed by atoms with Crippen molar-refractivity contribution in [3.8, 4) is 0 Å². The summed E-state index contributed by atoms with van der Waals surface area (Å²) in [7, 11) is 0. The quantitative estimate of drug-likeness (QED) is 0.868. The molecule has 2 aromatic rings. The number of aromatic nitrogens is 2. The molecule has 0 unspecified atom stereocenters. The van der Waals surface area contributed by atoms with Crippen molar-refractivity contribution < 1.29 is 0 Å². The number of nitrogens with zero attached hydrogens (tertiary/aromatic N) is 2. The minimum Gasteiger partial charge on any atom is -0.389 e. The lowest BCUT2D eigenvalue weighted by Crippen LogP contribution is -2.09. The maximum absolute atomic E-state index is 5.95. The maximum Gasteiger partial charge on any atom is 0.103 e. The highest BCUT2D eigenvalue weighted by molar-refractivity contribution is 7.80. The van der Waals surface area contributed by atoms with Crippen molar-refractivity contribution >= 4 is 28.8 Å². The molecule has 0 saturated heterocycles. The molecule has 1 heterocycles. The average Bonchev–Trinajstić information content (AvgIpc) is 2.62. The molecule has 1 aromatic heterocycles. The smallest absolute Gasteiger partial charge is 0.103 e. The molecular formula is C12H12ClN3S. The van der Waals surface area contributed by atoms with Gasteiger partial charge < -0.3 is 5.73 Å². The number of thiocarbonyl (C=S) groups is 1. The minimum atomic E-state index is 0.412. The number of hydrogen-bond acceptors (Lipinski definition) is 2. The van der Waals surface area contributed by atoms with E-state index in [-0.39, 0.29) is 0 Å². The Kier molecular flexibility index (Phi) is 3.45. The Morgan fingerprint density at radius 2 is 2.06 bits per heavy atom. The largest absolute Gasteiger partial charge is 0.389 e. The zero-order valence-corrected chi connectivity index (χ0v) is 10.9. The van der Waals surface area contributed by atoms with Crippen LogP contribution in [0.25, 0.3) is 0 Å². The molecule has 0 atom stereocenters. The molecule has 0 saturated carbocycles. The Morgan fingerprint density at radius 3 is 2.53 bits per heavy atom. The summed E-state index contributed by atoms with van der Waals surface area (Å²) >= 11 is 10.8. The summed E-state index contributed by atoms with van der Waals surface area (Å²) in [6.45, 7) is 2.63. The van der Waals surface area contributed by atoms with Gasteiger partial charge in [-0.05, 0) is 12.5 Å². The van der Waals surface area contributed by atoms with Gasteiger partial charge in [0.1, 0.15) is 4.99 Å². The molecule has 2 N–H and O–H groups in total. The first kappa shape index (κ1) is 12.1.